The second-order valence-electron chi connectivity index (χ2n) is 7.68. The summed E-state index contributed by atoms with van der Waals surface area (Å²) in [5.74, 6) is 1.10. The normalized spacial score (nSPS) is 19.4. The SMILES string of the molecule is Cc1noc([C@H]2CN(C(=O)c3cc(C)n(C(C)(C)C)n3)CCN2C)n1. The lowest BCUT2D eigenvalue weighted by molar-refractivity contribution is 0.0482. The molecule has 3 heterocycles. The van der Waals surface area contributed by atoms with Gasteiger partial charge in [-0.05, 0) is 47.7 Å². The van der Waals surface area contributed by atoms with Crippen LogP contribution in [0.4, 0.5) is 0 Å². The number of rotatable bonds is 2. The van der Waals surface area contributed by atoms with Crippen molar-refractivity contribution >= 4 is 5.91 Å². The molecule has 0 N–H and O–H groups in total. The summed E-state index contributed by atoms with van der Waals surface area (Å²) < 4.78 is 7.21. The van der Waals surface area contributed by atoms with Gasteiger partial charge in [0.15, 0.2) is 11.5 Å². The zero-order valence-electron chi connectivity index (χ0n) is 15.8. The largest absolute Gasteiger partial charge is 0.338 e. The van der Waals surface area contributed by atoms with Crippen molar-refractivity contribution in [3.05, 3.63) is 29.2 Å². The van der Waals surface area contributed by atoms with Gasteiger partial charge in [-0.15, -0.1) is 0 Å². The van der Waals surface area contributed by atoms with E-state index in [9.17, 15) is 4.79 Å². The monoisotopic (exact) mass is 346 g/mol. The molecule has 0 spiro atoms. The highest BCUT2D eigenvalue weighted by atomic mass is 16.5. The van der Waals surface area contributed by atoms with Gasteiger partial charge >= 0.3 is 0 Å². The van der Waals surface area contributed by atoms with Crippen molar-refractivity contribution in [2.75, 3.05) is 26.7 Å². The molecule has 1 aliphatic heterocycles. The molecule has 1 fully saturated rings. The number of amides is 1. The minimum absolute atomic E-state index is 0.0552. The third kappa shape index (κ3) is 3.44. The number of nitrogens with zero attached hydrogens (tertiary/aromatic N) is 6. The van der Waals surface area contributed by atoms with E-state index in [1.165, 1.54) is 0 Å². The standard InChI is InChI=1S/C17H26N6O2/c1-11-9-13(19-23(11)17(3,4)5)16(24)22-8-7-21(6)14(10-22)15-18-12(2)20-25-15/h9,14H,7-8,10H2,1-6H3/t14-/m1/s1. The molecule has 0 saturated carbocycles. The molecule has 0 unspecified atom stereocenters. The molecule has 2 aromatic rings. The van der Waals surface area contributed by atoms with Gasteiger partial charge in [0.2, 0.25) is 5.89 Å². The molecular formula is C17H26N6O2. The minimum Gasteiger partial charge on any atom is -0.338 e. The number of likely N-dealkylation sites (N-methyl/N-ethyl adjacent to an activating group) is 1. The van der Waals surface area contributed by atoms with Gasteiger partial charge in [-0.2, -0.15) is 10.1 Å². The van der Waals surface area contributed by atoms with Gasteiger partial charge in [0.25, 0.3) is 5.91 Å². The van der Waals surface area contributed by atoms with Crippen LogP contribution in [0.15, 0.2) is 10.6 Å². The van der Waals surface area contributed by atoms with Crippen molar-refractivity contribution < 1.29 is 9.32 Å². The van der Waals surface area contributed by atoms with E-state index in [1.54, 1.807) is 6.92 Å². The van der Waals surface area contributed by atoms with Crippen LogP contribution in [0.25, 0.3) is 0 Å². The summed E-state index contributed by atoms with van der Waals surface area (Å²) >= 11 is 0. The molecule has 1 atom stereocenters. The van der Waals surface area contributed by atoms with Crippen LogP contribution in [0.1, 0.15) is 54.7 Å². The average molecular weight is 346 g/mol. The number of carbonyl (C=O) groups is 1. The van der Waals surface area contributed by atoms with Crippen LogP contribution in [-0.2, 0) is 5.54 Å². The maximum absolute atomic E-state index is 12.9. The highest BCUT2D eigenvalue weighted by Crippen LogP contribution is 2.24. The Morgan fingerprint density at radius 1 is 1.28 bits per heavy atom. The zero-order chi connectivity index (χ0) is 18.4. The quantitative estimate of drug-likeness (QED) is 0.824. The van der Waals surface area contributed by atoms with E-state index in [-0.39, 0.29) is 17.5 Å². The molecule has 1 amide bonds. The van der Waals surface area contributed by atoms with Gasteiger partial charge < -0.3 is 9.42 Å². The number of hydrogen-bond donors (Lipinski definition) is 0. The average Bonchev–Trinajstić information content (AvgIpc) is 3.12. The van der Waals surface area contributed by atoms with Gasteiger partial charge in [0.1, 0.15) is 6.04 Å². The molecule has 0 aliphatic carbocycles. The summed E-state index contributed by atoms with van der Waals surface area (Å²) in [6.45, 7) is 11.9. The Labute approximate surface area is 147 Å². The second kappa shape index (κ2) is 6.25. The molecule has 1 aliphatic rings. The lowest BCUT2D eigenvalue weighted by atomic mass is 10.1. The Kier molecular flexibility index (Phi) is 4.40. The first-order valence-corrected chi connectivity index (χ1v) is 8.53. The smallest absolute Gasteiger partial charge is 0.274 e. The summed E-state index contributed by atoms with van der Waals surface area (Å²) in [6, 6.07) is 1.77. The van der Waals surface area contributed by atoms with Crippen LogP contribution in [0.3, 0.4) is 0 Å². The van der Waals surface area contributed by atoms with Crippen LogP contribution >= 0.6 is 0 Å². The first-order chi connectivity index (χ1) is 11.7. The molecule has 25 heavy (non-hydrogen) atoms. The summed E-state index contributed by atoms with van der Waals surface area (Å²) in [5, 5.41) is 8.40. The van der Waals surface area contributed by atoms with Gasteiger partial charge in [-0.3, -0.25) is 14.4 Å². The third-order valence-corrected chi connectivity index (χ3v) is 4.51. The molecule has 3 rings (SSSR count). The van der Waals surface area contributed by atoms with E-state index < -0.39 is 0 Å². The maximum atomic E-state index is 12.9. The maximum Gasteiger partial charge on any atom is 0.274 e. The molecule has 0 aromatic carbocycles. The summed E-state index contributed by atoms with van der Waals surface area (Å²) in [6.07, 6.45) is 0. The predicted molar refractivity (Wildman–Crippen MR) is 92.3 cm³/mol. The molecule has 0 radical (unpaired) electrons. The highest BCUT2D eigenvalue weighted by molar-refractivity contribution is 5.92. The van der Waals surface area contributed by atoms with E-state index in [0.717, 1.165) is 12.2 Å². The van der Waals surface area contributed by atoms with Gasteiger partial charge in [-0.1, -0.05) is 5.16 Å². The van der Waals surface area contributed by atoms with Crippen LogP contribution in [-0.4, -0.2) is 62.3 Å². The zero-order valence-corrected chi connectivity index (χ0v) is 15.8. The lowest BCUT2D eigenvalue weighted by Gasteiger charge is -2.37. The molecule has 1 saturated heterocycles. The third-order valence-electron chi connectivity index (χ3n) is 4.51. The Balaban J connectivity index is 1.81. The first kappa shape index (κ1) is 17.6. The highest BCUT2D eigenvalue weighted by Gasteiger charge is 2.33. The lowest BCUT2D eigenvalue weighted by Crippen LogP contribution is -2.49. The van der Waals surface area contributed by atoms with Crippen molar-refractivity contribution in [3.8, 4) is 0 Å². The second-order valence-corrected chi connectivity index (χ2v) is 7.68. The molecule has 2 aromatic heterocycles. The van der Waals surface area contributed by atoms with Crippen molar-refractivity contribution in [1.29, 1.82) is 0 Å². The summed E-state index contributed by atoms with van der Waals surface area (Å²) in [4.78, 5) is 21.2. The Bertz CT molecular complexity index is 772. The number of aryl methyl sites for hydroxylation is 2. The van der Waals surface area contributed by atoms with E-state index >= 15 is 0 Å². The minimum atomic E-state index is -0.158. The number of piperazine rings is 1. The van der Waals surface area contributed by atoms with E-state index in [4.69, 9.17) is 4.52 Å². The summed E-state index contributed by atoms with van der Waals surface area (Å²) in [5.41, 5.74) is 1.31. The van der Waals surface area contributed by atoms with Crippen LogP contribution < -0.4 is 0 Å². The molecule has 8 heteroatoms. The van der Waals surface area contributed by atoms with Crippen LogP contribution in [0, 0.1) is 13.8 Å². The van der Waals surface area contributed by atoms with Gasteiger partial charge in [-0.25, -0.2) is 0 Å². The molecular weight excluding hydrogens is 320 g/mol. The Morgan fingerprint density at radius 3 is 2.56 bits per heavy atom. The molecule has 8 nitrogen and oxygen atoms in total. The fraction of sp³-hybridized carbons (Fsp3) is 0.647. The topological polar surface area (TPSA) is 80.3 Å². The first-order valence-electron chi connectivity index (χ1n) is 8.53. The van der Waals surface area contributed by atoms with E-state index in [0.29, 0.717) is 30.5 Å². The van der Waals surface area contributed by atoms with Crippen LogP contribution in [0.5, 0.6) is 0 Å². The number of aromatic nitrogens is 4. The van der Waals surface area contributed by atoms with Crippen molar-refractivity contribution in [3.63, 3.8) is 0 Å². The van der Waals surface area contributed by atoms with Crippen molar-refractivity contribution in [1.82, 2.24) is 29.7 Å². The fourth-order valence-electron chi connectivity index (χ4n) is 3.19. The predicted octanol–water partition coefficient (Wildman–Crippen LogP) is 1.77. The molecule has 0 bridgehead atoms. The van der Waals surface area contributed by atoms with Crippen molar-refractivity contribution in [2.45, 2.75) is 46.2 Å². The Hall–Kier alpha value is -2.22. The number of carbonyl (C=O) groups excluding carboxylic acids is 1. The van der Waals surface area contributed by atoms with Gasteiger partial charge in [0, 0.05) is 25.3 Å². The van der Waals surface area contributed by atoms with Crippen LogP contribution in [0.2, 0.25) is 0 Å². The molecule has 136 valence electrons. The Morgan fingerprint density at radius 2 is 2.00 bits per heavy atom. The van der Waals surface area contributed by atoms with Gasteiger partial charge in [0.05, 0.1) is 5.54 Å². The van der Waals surface area contributed by atoms with Crippen molar-refractivity contribution in [2.24, 2.45) is 0 Å². The van der Waals surface area contributed by atoms with E-state index in [1.807, 2.05) is 29.6 Å². The number of hydrogen-bond acceptors (Lipinski definition) is 6. The van der Waals surface area contributed by atoms with E-state index in [2.05, 4.69) is 40.9 Å². The fourth-order valence-corrected chi connectivity index (χ4v) is 3.19. The summed E-state index contributed by atoms with van der Waals surface area (Å²) in [7, 11) is 2.00.